The third-order valence-electron chi connectivity index (χ3n) is 2.99. The number of H-pyrrole nitrogens is 1. The van der Waals surface area contributed by atoms with Crippen molar-refractivity contribution in [2.45, 2.75) is 46.1 Å². The van der Waals surface area contributed by atoms with Crippen LogP contribution in [0, 0.1) is 0 Å². The molecule has 18 heavy (non-hydrogen) atoms. The Hall–Kier alpha value is -1.10. The molecule has 0 aliphatic heterocycles. The average molecular weight is 315 g/mol. The Kier molecular flexibility index (Phi) is 5.59. The summed E-state index contributed by atoms with van der Waals surface area (Å²) in [7, 11) is 0. The summed E-state index contributed by atoms with van der Waals surface area (Å²) in [6.07, 6.45) is 2.42. The molecule has 0 spiro atoms. The van der Waals surface area contributed by atoms with Gasteiger partial charge in [0.2, 0.25) is 0 Å². The molecule has 1 aromatic heterocycles. The quantitative estimate of drug-likeness (QED) is 0.877. The number of hydrogen-bond acceptors (Lipinski definition) is 2. The molecule has 0 saturated carbocycles. The number of hydrogen-bond donors (Lipinski definition) is 2. The molecular weight excluding hydrogens is 296 g/mol. The molecule has 2 N–H and O–H groups in total. The van der Waals surface area contributed by atoms with Gasteiger partial charge < -0.3 is 10.3 Å². The van der Waals surface area contributed by atoms with Gasteiger partial charge in [-0.15, -0.1) is 0 Å². The van der Waals surface area contributed by atoms with E-state index in [0.717, 1.165) is 23.0 Å². The fourth-order valence-electron chi connectivity index (χ4n) is 1.73. The lowest BCUT2D eigenvalue weighted by Crippen LogP contribution is -2.37. The summed E-state index contributed by atoms with van der Waals surface area (Å²) >= 11 is 3.36. The summed E-state index contributed by atoms with van der Waals surface area (Å²) in [5.41, 5.74) is 0.628. The molecule has 4 nitrogen and oxygen atoms in total. The SMILES string of the molecule is CCc1[nH]c(=O)c(C(=O)NC(CC)CC)cc1Br. The Morgan fingerprint density at radius 2 is 2.00 bits per heavy atom. The number of carbonyl (C=O) groups is 1. The number of amides is 1. The maximum atomic E-state index is 12.0. The second-order valence-corrected chi connectivity index (χ2v) is 5.03. The lowest BCUT2D eigenvalue weighted by molar-refractivity contribution is 0.0933. The highest BCUT2D eigenvalue weighted by atomic mass is 79.9. The molecule has 0 aromatic carbocycles. The van der Waals surface area contributed by atoms with Crippen LogP contribution in [-0.2, 0) is 6.42 Å². The monoisotopic (exact) mass is 314 g/mol. The van der Waals surface area contributed by atoms with Gasteiger partial charge >= 0.3 is 0 Å². The van der Waals surface area contributed by atoms with Crippen molar-refractivity contribution in [3.8, 4) is 0 Å². The summed E-state index contributed by atoms with van der Waals surface area (Å²) in [6, 6.07) is 1.71. The fourth-order valence-corrected chi connectivity index (χ4v) is 2.33. The van der Waals surface area contributed by atoms with Crippen molar-refractivity contribution >= 4 is 21.8 Å². The Bertz CT molecular complexity index is 478. The van der Waals surface area contributed by atoms with Crippen LogP contribution in [0.25, 0.3) is 0 Å². The molecular formula is C13H19BrN2O2. The average Bonchev–Trinajstić information content (AvgIpc) is 2.37. The molecule has 5 heteroatoms. The summed E-state index contributed by atoms with van der Waals surface area (Å²) in [5.74, 6) is -0.312. The molecule has 0 unspecified atom stereocenters. The Morgan fingerprint density at radius 3 is 2.50 bits per heavy atom. The van der Waals surface area contributed by atoms with Gasteiger partial charge in [-0.2, -0.15) is 0 Å². The van der Waals surface area contributed by atoms with Crippen LogP contribution in [0.4, 0.5) is 0 Å². The lowest BCUT2D eigenvalue weighted by atomic mass is 10.1. The molecule has 0 aliphatic rings. The van der Waals surface area contributed by atoms with Crippen molar-refractivity contribution in [2.75, 3.05) is 0 Å². The van der Waals surface area contributed by atoms with Crippen LogP contribution in [0.1, 0.15) is 49.7 Å². The number of pyridine rings is 1. The van der Waals surface area contributed by atoms with Crippen LogP contribution in [0.2, 0.25) is 0 Å². The number of nitrogens with one attached hydrogen (secondary N) is 2. The van der Waals surface area contributed by atoms with Gasteiger partial charge in [0.15, 0.2) is 0 Å². The third kappa shape index (κ3) is 3.45. The summed E-state index contributed by atoms with van der Waals surface area (Å²) in [6.45, 7) is 5.96. The van der Waals surface area contributed by atoms with E-state index in [9.17, 15) is 9.59 Å². The molecule has 0 fully saturated rings. The predicted octanol–water partition coefficient (Wildman–Crippen LogP) is 2.62. The van der Waals surface area contributed by atoms with Crippen LogP contribution in [0.15, 0.2) is 15.3 Å². The topological polar surface area (TPSA) is 62.0 Å². The zero-order valence-electron chi connectivity index (χ0n) is 11.0. The van der Waals surface area contributed by atoms with E-state index < -0.39 is 0 Å². The van der Waals surface area contributed by atoms with E-state index in [1.54, 1.807) is 6.07 Å². The number of aromatic nitrogens is 1. The number of aryl methyl sites for hydroxylation is 1. The lowest BCUT2D eigenvalue weighted by Gasteiger charge is -2.14. The van der Waals surface area contributed by atoms with E-state index >= 15 is 0 Å². The molecule has 0 aliphatic carbocycles. The second-order valence-electron chi connectivity index (χ2n) is 4.18. The van der Waals surface area contributed by atoms with Crippen molar-refractivity contribution in [3.05, 3.63) is 32.2 Å². The van der Waals surface area contributed by atoms with Crippen LogP contribution >= 0.6 is 15.9 Å². The van der Waals surface area contributed by atoms with Gasteiger partial charge in [-0.25, -0.2) is 0 Å². The first-order valence-electron chi connectivity index (χ1n) is 6.25. The van der Waals surface area contributed by atoms with Gasteiger partial charge in [0.25, 0.3) is 11.5 Å². The minimum atomic E-state index is -0.335. The van der Waals surface area contributed by atoms with Gasteiger partial charge in [0, 0.05) is 16.2 Å². The fraction of sp³-hybridized carbons (Fsp3) is 0.538. The van der Waals surface area contributed by atoms with Crippen molar-refractivity contribution < 1.29 is 4.79 Å². The first-order valence-corrected chi connectivity index (χ1v) is 7.05. The van der Waals surface area contributed by atoms with E-state index in [0.29, 0.717) is 6.42 Å². The number of halogens is 1. The van der Waals surface area contributed by atoms with Crippen LogP contribution < -0.4 is 10.9 Å². The molecule has 1 heterocycles. The smallest absolute Gasteiger partial charge is 0.261 e. The van der Waals surface area contributed by atoms with Crippen LogP contribution in [0.5, 0.6) is 0 Å². The van der Waals surface area contributed by atoms with E-state index in [1.165, 1.54) is 0 Å². The van der Waals surface area contributed by atoms with Crippen molar-refractivity contribution in [1.29, 1.82) is 0 Å². The summed E-state index contributed by atoms with van der Waals surface area (Å²) in [5, 5.41) is 2.86. The second kappa shape index (κ2) is 6.73. The van der Waals surface area contributed by atoms with Crippen LogP contribution in [-0.4, -0.2) is 16.9 Å². The number of aromatic amines is 1. The largest absolute Gasteiger partial charge is 0.349 e. The van der Waals surface area contributed by atoms with Crippen LogP contribution in [0.3, 0.4) is 0 Å². The van der Waals surface area contributed by atoms with Gasteiger partial charge in [-0.3, -0.25) is 9.59 Å². The highest BCUT2D eigenvalue weighted by molar-refractivity contribution is 9.10. The maximum absolute atomic E-state index is 12.0. The molecule has 0 atom stereocenters. The van der Waals surface area contributed by atoms with Crippen molar-refractivity contribution in [2.24, 2.45) is 0 Å². The van der Waals surface area contributed by atoms with Gasteiger partial charge in [0.05, 0.1) is 0 Å². The zero-order chi connectivity index (χ0) is 13.7. The number of carbonyl (C=O) groups excluding carboxylic acids is 1. The Morgan fingerprint density at radius 1 is 1.39 bits per heavy atom. The molecule has 1 aromatic rings. The minimum Gasteiger partial charge on any atom is -0.349 e. The molecule has 0 bridgehead atoms. The molecule has 100 valence electrons. The number of rotatable bonds is 5. The van der Waals surface area contributed by atoms with Gasteiger partial charge in [0.1, 0.15) is 5.56 Å². The van der Waals surface area contributed by atoms with E-state index in [1.807, 2.05) is 20.8 Å². The third-order valence-corrected chi connectivity index (χ3v) is 3.69. The minimum absolute atomic E-state index is 0.113. The predicted molar refractivity (Wildman–Crippen MR) is 76.0 cm³/mol. The summed E-state index contributed by atoms with van der Waals surface area (Å²) in [4.78, 5) is 26.5. The van der Waals surface area contributed by atoms with E-state index in [2.05, 4.69) is 26.2 Å². The zero-order valence-corrected chi connectivity index (χ0v) is 12.6. The standard InChI is InChI=1S/C13H19BrN2O2/c1-4-8(5-2)15-12(17)9-7-10(14)11(6-3)16-13(9)18/h7-8H,4-6H2,1-3H3,(H,15,17)(H,16,18). The normalized spacial score (nSPS) is 10.7. The highest BCUT2D eigenvalue weighted by Gasteiger charge is 2.15. The van der Waals surface area contributed by atoms with E-state index in [-0.39, 0.29) is 23.1 Å². The highest BCUT2D eigenvalue weighted by Crippen LogP contribution is 2.14. The first kappa shape index (κ1) is 15.0. The first-order chi connectivity index (χ1) is 8.53. The summed E-state index contributed by atoms with van der Waals surface area (Å²) < 4.78 is 0.763. The van der Waals surface area contributed by atoms with Gasteiger partial charge in [-0.05, 0) is 41.3 Å². The molecule has 1 amide bonds. The van der Waals surface area contributed by atoms with Crippen molar-refractivity contribution in [1.82, 2.24) is 10.3 Å². The van der Waals surface area contributed by atoms with Gasteiger partial charge in [-0.1, -0.05) is 20.8 Å². The molecule has 1 rings (SSSR count). The van der Waals surface area contributed by atoms with Crippen molar-refractivity contribution in [3.63, 3.8) is 0 Å². The Labute approximate surface area is 115 Å². The molecule has 0 saturated heterocycles. The Balaban J connectivity index is 3.00. The van der Waals surface area contributed by atoms with E-state index in [4.69, 9.17) is 0 Å². The molecule has 0 radical (unpaired) electrons. The maximum Gasteiger partial charge on any atom is 0.261 e.